The Bertz CT molecular complexity index is 603. The summed E-state index contributed by atoms with van der Waals surface area (Å²) in [6, 6.07) is 9.41. The lowest BCUT2D eigenvalue weighted by Crippen LogP contribution is -2.23. The zero-order valence-electron chi connectivity index (χ0n) is 10.9. The van der Waals surface area contributed by atoms with Crippen LogP contribution in [-0.4, -0.2) is 39.3 Å². The maximum atomic E-state index is 11.3. The highest BCUT2D eigenvalue weighted by atomic mass is 16.5. The van der Waals surface area contributed by atoms with E-state index in [4.69, 9.17) is 4.74 Å². The van der Waals surface area contributed by atoms with Crippen molar-refractivity contribution in [3.8, 4) is 11.3 Å². The van der Waals surface area contributed by atoms with Crippen LogP contribution >= 0.6 is 0 Å². The van der Waals surface area contributed by atoms with E-state index in [1.54, 1.807) is 4.68 Å². The molecule has 2 aromatic rings. The van der Waals surface area contributed by atoms with E-state index in [1.165, 1.54) is 0 Å². The van der Waals surface area contributed by atoms with E-state index in [0.717, 1.165) is 25.0 Å². The van der Waals surface area contributed by atoms with Crippen LogP contribution in [0.15, 0.2) is 30.3 Å². The van der Waals surface area contributed by atoms with Crippen molar-refractivity contribution in [3.05, 3.63) is 36.0 Å². The summed E-state index contributed by atoms with van der Waals surface area (Å²) >= 11 is 0. The van der Waals surface area contributed by atoms with Crippen LogP contribution in [0.25, 0.3) is 11.3 Å². The van der Waals surface area contributed by atoms with Crippen molar-refractivity contribution in [2.45, 2.75) is 18.9 Å². The number of aromatic nitrogens is 3. The Hall–Kier alpha value is -2.21. The molecule has 1 atom stereocenters. The molecule has 6 nitrogen and oxygen atoms in total. The molecule has 0 radical (unpaired) electrons. The van der Waals surface area contributed by atoms with Crippen molar-refractivity contribution in [2.75, 3.05) is 13.2 Å². The average molecular weight is 273 g/mol. The van der Waals surface area contributed by atoms with Gasteiger partial charge in [0, 0.05) is 12.2 Å². The molecule has 1 unspecified atom stereocenters. The third kappa shape index (κ3) is 2.30. The van der Waals surface area contributed by atoms with Crippen LogP contribution in [0.3, 0.4) is 0 Å². The first-order chi connectivity index (χ1) is 9.77. The number of carbonyl (C=O) groups is 1. The van der Waals surface area contributed by atoms with Gasteiger partial charge in [0.15, 0.2) is 5.69 Å². The fourth-order valence-corrected chi connectivity index (χ4v) is 2.47. The number of rotatable bonds is 3. The molecular formula is C14H15N3O3. The lowest BCUT2D eigenvalue weighted by atomic mass is 10.1. The number of carboxylic acid groups (broad SMARTS) is 1. The molecule has 6 heteroatoms. The number of aromatic carboxylic acids is 1. The molecule has 20 heavy (non-hydrogen) atoms. The maximum Gasteiger partial charge on any atom is 0.358 e. The van der Waals surface area contributed by atoms with Crippen molar-refractivity contribution in [1.29, 1.82) is 0 Å². The van der Waals surface area contributed by atoms with Gasteiger partial charge in [0.05, 0.1) is 12.6 Å². The Morgan fingerprint density at radius 1 is 1.35 bits per heavy atom. The van der Waals surface area contributed by atoms with Gasteiger partial charge in [0.2, 0.25) is 0 Å². The smallest absolute Gasteiger partial charge is 0.358 e. The number of ether oxygens (including phenoxy) is 1. The van der Waals surface area contributed by atoms with Gasteiger partial charge in [-0.05, 0) is 12.8 Å². The van der Waals surface area contributed by atoms with E-state index >= 15 is 0 Å². The molecule has 0 saturated carbocycles. The molecule has 0 spiro atoms. The zero-order valence-corrected chi connectivity index (χ0v) is 10.9. The highest BCUT2D eigenvalue weighted by Gasteiger charge is 2.26. The first-order valence-electron chi connectivity index (χ1n) is 6.59. The molecule has 1 aromatic heterocycles. The Morgan fingerprint density at radius 3 is 2.80 bits per heavy atom. The lowest BCUT2D eigenvalue weighted by Gasteiger charge is -2.23. The fraction of sp³-hybridized carbons (Fsp3) is 0.357. The highest BCUT2D eigenvalue weighted by Crippen LogP contribution is 2.28. The predicted octanol–water partition coefficient (Wildman–Crippen LogP) is 1.99. The van der Waals surface area contributed by atoms with Crippen molar-refractivity contribution in [3.63, 3.8) is 0 Å². The molecule has 1 aromatic carbocycles. The summed E-state index contributed by atoms with van der Waals surface area (Å²) in [4.78, 5) is 11.3. The second-order valence-electron chi connectivity index (χ2n) is 4.77. The Morgan fingerprint density at radius 2 is 2.15 bits per heavy atom. The van der Waals surface area contributed by atoms with Gasteiger partial charge in [-0.15, -0.1) is 5.10 Å². The van der Waals surface area contributed by atoms with Gasteiger partial charge in [-0.25, -0.2) is 9.48 Å². The molecule has 2 heterocycles. The Balaban J connectivity index is 2.08. The van der Waals surface area contributed by atoms with Crippen LogP contribution in [-0.2, 0) is 4.74 Å². The number of hydrogen-bond donors (Lipinski definition) is 1. The van der Waals surface area contributed by atoms with Crippen LogP contribution in [0.1, 0.15) is 29.4 Å². The summed E-state index contributed by atoms with van der Waals surface area (Å²) in [6.45, 7) is 1.29. The van der Waals surface area contributed by atoms with E-state index in [0.29, 0.717) is 12.3 Å². The van der Waals surface area contributed by atoms with Crippen molar-refractivity contribution < 1.29 is 14.6 Å². The monoisotopic (exact) mass is 273 g/mol. The topological polar surface area (TPSA) is 77.2 Å². The van der Waals surface area contributed by atoms with Crippen LogP contribution in [0.4, 0.5) is 0 Å². The molecule has 0 amide bonds. The lowest BCUT2D eigenvalue weighted by molar-refractivity contribution is 0.0548. The van der Waals surface area contributed by atoms with E-state index < -0.39 is 5.97 Å². The van der Waals surface area contributed by atoms with Crippen molar-refractivity contribution in [1.82, 2.24) is 15.0 Å². The minimum absolute atomic E-state index is 0.0122. The van der Waals surface area contributed by atoms with E-state index in [9.17, 15) is 9.90 Å². The van der Waals surface area contributed by atoms with Gasteiger partial charge in [-0.1, -0.05) is 35.5 Å². The average Bonchev–Trinajstić information content (AvgIpc) is 2.94. The number of carboxylic acids is 1. The fourth-order valence-electron chi connectivity index (χ4n) is 2.47. The van der Waals surface area contributed by atoms with Gasteiger partial charge < -0.3 is 9.84 Å². The standard InChI is InChI=1S/C14H15N3O3/c18-14(19)12-13(10-5-2-1-3-6-10)17(16-15-12)11-7-4-8-20-9-11/h1-3,5-6,11H,4,7-9H2,(H,18,19). The normalized spacial score (nSPS) is 18.9. The molecule has 0 aliphatic carbocycles. The number of nitrogens with zero attached hydrogens (tertiary/aromatic N) is 3. The molecule has 1 aliphatic rings. The highest BCUT2D eigenvalue weighted by molar-refractivity contribution is 5.92. The third-order valence-electron chi connectivity index (χ3n) is 3.43. The first-order valence-corrected chi connectivity index (χ1v) is 6.59. The molecule has 0 bridgehead atoms. The van der Waals surface area contributed by atoms with Crippen molar-refractivity contribution in [2.24, 2.45) is 0 Å². The van der Waals surface area contributed by atoms with E-state index in [2.05, 4.69) is 10.3 Å². The van der Waals surface area contributed by atoms with Crippen molar-refractivity contribution >= 4 is 5.97 Å². The summed E-state index contributed by atoms with van der Waals surface area (Å²) in [5, 5.41) is 17.2. The van der Waals surface area contributed by atoms with Gasteiger partial charge in [-0.3, -0.25) is 0 Å². The summed E-state index contributed by atoms with van der Waals surface area (Å²) < 4.78 is 7.15. The SMILES string of the molecule is O=C(O)c1nnn(C2CCCOC2)c1-c1ccccc1. The molecule has 1 saturated heterocycles. The van der Waals surface area contributed by atoms with E-state index in [1.807, 2.05) is 30.3 Å². The second kappa shape index (κ2) is 5.42. The molecule has 104 valence electrons. The van der Waals surface area contributed by atoms with Crippen LogP contribution in [0.5, 0.6) is 0 Å². The minimum Gasteiger partial charge on any atom is -0.476 e. The Kier molecular flexibility index (Phi) is 3.47. The maximum absolute atomic E-state index is 11.3. The summed E-state index contributed by atoms with van der Waals surface area (Å²) in [5.41, 5.74) is 1.34. The molecule has 1 aliphatic heterocycles. The van der Waals surface area contributed by atoms with Gasteiger partial charge >= 0.3 is 5.97 Å². The summed E-state index contributed by atoms with van der Waals surface area (Å²) in [6.07, 6.45) is 1.86. The molecule has 1 N–H and O–H groups in total. The Labute approximate surface area is 116 Å². The summed E-state index contributed by atoms with van der Waals surface area (Å²) in [7, 11) is 0. The minimum atomic E-state index is -1.06. The molecular weight excluding hydrogens is 258 g/mol. The number of hydrogen-bond acceptors (Lipinski definition) is 4. The first kappa shape index (κ1) is 12.8. The zero-order chi connectivity index (χ0) is 13.9. The van der Waals surface area contributed by atoms with Crippen LogP contribution in [0, 0.1) is 0 Å². The van der Waals surface area contributed by atoms with Gasteiger partial charge in [0.25, 0.3) is 0 Å². The van der Waals surface area contributed by atoms with E-state index in [-0.39, 0.29) is 11.7 Å². The predicted molar refractivity (Wildman–Crippen MR) is 71.5 cm³/mol. The third-order valence-corrected chi connectivity index (χ3v) is 3.43. The van der Waals surface area contributed by atoms with Gasteiger partial charge in [-0.2, -0.15) is 0 Å². The second-order valence-corrected chi connectivity index (χ2v) is 4.77. The van der Waals surface area contributed by atoms with Gasteiger partial charge in [0.1, 0.15) is 5.69 Å². The van der Waals surface area contributed by atoms with Crippen LogP contribution in [0.2, 0.25) is 0 Å². The quantitative estimate of drug-likeness (QED) is 0.925. The van der Waals surface area contributed by atoms with Crippen LogP contribution < -0.4 is 0 Å². The largest absolute Gasteiger partial charge is 0.476 e. The summed E-state index contributed by atoms with van der Waals surface area (Å²) in [5.74, 6) is -1.06. The molecule has 3 rings (SSSR count). The number of benzene rings is 1. The molecule has 1 fully saturated rings.